The number of hydrogen-bond donors (Lipinski definition) is 0. The van der Waals surface area contributed by atoms with E-state index in [1.807, 2.05) is 23.5 Å². The van der Waals surface area contributed by atoms with Gasteiger partial charge in [0, 0.05) is 83.8 Å². The van der Waals surface area contributed by atoms with Gasteiger partial charge < -0.3 is 9.13 Å². The molecule has 16 rings (SSSR count). The van der Waals surface area contributed by atoms with E-state index < -0.39 is 0 Å². The summed E-state index contributed by atoms with van der Waals surface area (Å²) in [5.74, 6) is 0. The molecule has 0 radical (unpaired) electrons. The summed E-state index contributed by atoms with van der Waals surface area (Å²) >= 11 is 5.38. The maximum absolute atomic E-state index is 12.4. The van der Waals surface area contributed by atoms with Crippen molar-refractivity contribution >= 4 is 144 Å². The summed E-state index contributed by atoms with van der Waals surface area (Å²) in [4.78, 5) is 4.73. The lowest BCUT2D eigenvalue weighted by Gasteiger charge is -2.25. The lowest BCUT2D eigenvalue weighted by atomic mass is 9.88. The normalized spacial score (nSPS) is 12.0. The van der Waals surface area contributed by atoms with Crippen molar-refractivity contribution in [3.63, 3.8) is 0 Å². The minimum atomic E-state index is 0.419. The first-order valence-corrected chi connectivity index (χ1v) is 27.4. The van der Waals surface area contributed by atoms with Crippen LogP contribution >= 0.6 is 34.0 Å². The molecule has 0 aliphatic rings. The molecule has 346 valence electrons. The van der Waals surface area contributed by atoms with Gasteiger partial charge in [-0.05, 0) is 64.7 Å². The van der Waals surface area contributed by atoms with Gasteiger partial charge in [-0.3, -0.25) is 0 Å². The van der Waals surface area contributed by atoms with Gasteiger partial charge in [0.2, 0.25) is 5.69 Å². The molecule has 0 spiro atoms. The molecule has 0 saturated heterocycles. The first kappa shape index (κ1) is 42.2. The number of thiophene rings is 3. The second-order valence-corrected chi connectivity index (χ2v) is 22.4. The highest BCUT2D eigenvalue weighted by Crippen LogP contribution is 2.55. The maximum atomic E-state index is 12.4. The van der Waals surface area contributed by atoms with E-state index in [2.05, 4.69) is 221 Å². The van der Waals surface area contributed by atoms with Gasteiger partial charge in [0.1, 0.15) is 6.07 Å². The van der Waals surface area contributed by atoms with Crippen molar-refractivity contribution in [2.24, 2.45) is 0 Å². The first-order chi connectivity index (χ1) is 37.1. The summed E-state index contributed by atoms with van der Waals surface area (Å²) in [5, 5.41) is 23.8. The average molecular weight is 1010 g/mol. The van der Waals surface area contributed by atoms with E-state index in [1.165, 1.54) is 51.5 Å². The van der Waals surface area contributed by atoms with Crippen molar-refractivity contribution in [3.05, 3.63) is 235 Å². The van der Waals surface area contributed by atoms with E-state index in [1.54, 1.807) is 22.7 Å². The standard InChI is InChI=1S/C68H36N4S3/c1-70-62-61(41-21-9-4-10-22-41)66(71-54-26-14-11-23-43(54)50-37-59-52(36-55(50)71)51-35-42(29-34-58(51)73-59)39-17-5-2-6-18-39)60(40-19-7-3-8-20-40)53(38-69)63(62)72-64-46(30-32-48-44-24-12-15-27-56(44)74-67(48)64)47-31-33-49-45-25-13-16-28-57(45)75-68(49)65(47)72/h2-37H. The van der Waals surface area contributed by atoms with E-state index in [-0.39, 0.29) is 0 Å². The van der Waals surface area contributed by atoms with Crippen LogP contribution in [0.4, 0.5) is 5.69 Å². The largest absolute Gasteiger partial charge is 0.315 e. The van der Waals surface area contributed by atoms with Crippen molar-refractivity contribution < 1.29 is 0 Å². The van der Waals surface area contributed by atoms with Crippen LogP contribution < -0.4 is 0 Å². The zero-order valence-corrected chi connectivity index (χ0v) is 42.2. The molecule has 0 atom stereocenters. The third kappa shape index (κ3) is 5.94. The van der Waals surface area contributed by atoms with Crippen LogP contribution in [0, 0.1) is 17.9 Å². The molecule has 5 heterocycles. The summed E-state index contributed by atoms with van der Waals surface area (Å²) < 4.78 is 11.8. The van der Waals surface area contributed by atoms with Crippen molar-refractivity contribution in [1.29, 1.82) is 5.26 Å². The minimum Gasteiger partial charge on any atom is -0.315 e. The number of hydrogen-bond acceptors (Lipinski definition) is 4. The number of nitriles is 1. The summed E-state index contributed by atoms with van der Waals surface area (Å²) in [6, 6.07) is 80.8. The van der Waals surface area contributed by atoms with Gasteiger partial charge in [-0.1, -0.05) is 176 Å². The Morgan fingerprint density at radius 2 is 0.880 bits per heavy atom. The van der Waals surface area contributed by atoms with Crippen LogP contribution in [0.3, 0.4) is 0 Å². The molecule has 0 amide bonds. The molecule has 0 N–H and O–H groups in total. The highest BCUT2D eigenvalue weighted by Gasteiger charge is 2.33. The molecule has 16 aromatic rings. The Morgan fingerprint density at radius 1 is 0.360 bits per heavy atom. The predicted octanol–water partition coefficient (Wildman–Crippen LogP) is 20.4. The zero-order valence-electron chi connectivity index (χ0n) is 39.8. The van der Waals surface area contributed by atoms with Crippen molar-refractivity contribution in [2.75, 3.05) is 0 Å². The number of nitrogens with zero attached hydrogens (tertiary/aromatic N) is 4. The molecule has 7 heteroatoms. The van der Waals surface area contributed by atoms with Crippen LogP contribution in [0.25, 0.3) is 154 Å². The highest BCUT2D eigenvalue weighted by atomic mass is 32.1. The van der Waals surface area contributed by atoms with E-state index in [4.69, 9.17) is 4.85 Å². The quantitative estimate of drug-likeness (QED) is 0.158. The van der Waals surface area contributed by atoms with E-state index >= 15 is 0 Å². The molecule has 5 aromatic heterocycles. The molecule has 0 aliphatic heterocycles. The van der Waals surface area contributed by atoms with Crippen LogP contribution in [0.5, 0.6) is 0 Å². The van der Waals surface area contributed by atoms with E-state index in [0.29, 0.717) is 16.9 Å². The third-order valence-corrected chi connectivity index (χ3v) is 18.9. The Labute approximate surface area is 441 Å². The van der Waals surface area contributed by atoms with Gasteiger partial charge >= 0.3 is 0 Å². The van der Waals surface area contributed by atoms with Crippen molar-refractivity contribution in [3.8, 4) is 50.8 Å². The molecule has 75 heavy (non-hydrogen) atoms. The summed E-state index contributed by atoms with van der Waals surface area (Å²) in [5.41, 5.74) is 11.9. The van der Waals surface area contributed by atoms with Crippen LogP contribution in [-0.2, 0) is 0 Å². The molecule has 0 aliphatic carbocycles. The van der Waals surface area contributed by atoms with Gasteiger partial charge in [0.25, 0.3) is 0 Å². The molecule has 0 saturated carbocycles. The molecule has 0 bridgehead atoms. The Hall–Kier alpha value is -9.34. The fourth-order valence-electron chi connectivity index (χ4n) is 12.2. The summed E-state index contributed by atoms with van der Waals surface area (Å²) in [6.45, 7) is 9.66. The smallest absolute Gasteiger partial charge is 0.221 e. The average Bonchev–Trinajstić information content (AvgIpc) is 4.29. The van der Waals surface area contributed by atoms with Crippen LogP contribution in [0.2, 0.25) is 0 Å². The van der Waals surface area contributed by atoms with E-state index in [9.17, 15) is 11.8 Å². The van der Waals surface area contributed by atoms with E-state index in [0.717, 1.165) is 91.7 Å². The lowest BCUT2D eigenvalue weighted by Crippen LogP contribution is -2.08. The second-order valence-electron chi connectivity index (χ2n) is 19.2. The van der Waals surface area contributed by atoms with Gasteiger partial charge in [0.05, 0.1) is 55.0 Å². The predicted molar refractivity (Wildman–Crippen MR) is 321 cm³/mol. The summed E-state index contributed by atoms with van der Waals surface area (Å²) in [7, 11) is 0. The number of para-hydroxylation sites is 1. The third-order valence-electron chi connectivity index (χ3n) is 15.4. The molecule has 11 aromatic carbocycles. The SMILES string of the molecule is [C-]#[N+]c1c(-c2ccccc2)c(-n2c3ccccc3c3cc4sc5ccc(-c6ccccc6)cc5c4cc32)c(-c2ccccc2)c(C#N)c1-n1c2c(ccc3c4ccccc4sc32)c2ccc3c4ccccc4sc3c21. The summed E-state index contributed by atoms with van der Waals surface area (Å²) in [6.07, 6.45) is 0. The van der Waals surface area contributed by atoms with Gasteiger partial charge in [-0.15, -0.1) is 34.0 Å². The first-order valence-electron chi connectivity index (χ1n) is 24.9. The fourth-order valence-corrected chi connectivity index (χ4v) is 15.8. The second kappa shape index (κ2) is 16.1. The lowest BCUT2D eigenvalue weighted by molar-refractivity contribution is 1.15. The Bertz CT molecular complexity index is 4990. The monoisotopic (exact) mass is 1000 g/mol. The number of rotatable bonds is 5. The fraction of sp³-hybridized carbons (Fsp3) is 0. The highest BCUT2D eigenvalue weighted by molar-refractivity contribution is 7.27. The number of benzene rings is 11. The van der Waals surface area contributed by atoms with Crippen molar-refractivity contribution in [1.82, 2.24) is 9.13 Å². The van der Waals surface area contributed by atoms with Crippen LogP contribution in [-0.4, -0.2) is 9.13 Å². The number of aromatic nitrogens is 2. The van der Waals surface area contributed by atoms with Crippen LogP contribution in [0.1, 0.15) is 5.56 Å². The Morgan fingerprint density at radius 3 is 1.49 bits per heavy atom. The minimum absolute atomic E-state index is 0.419. The molecule has 0 unspecified atom stereocenters. The Kier molecular flexibility index (Phi) is 9.05. The molecular formula is C68H36N4S3. The van der Waals surface area contributed by atoms with Gasteiger partial charge in [-0.2, -0.15) is 5.26 Å². The topological polar surface area (TPSA) is 38.0 Å². The molecule has 4 nitrogen and oxygen atoms in total. The maximum Gasteiger partial charge on any atom is 0.221 e. The van der Waals surface area contributed by atoms with Gasteiger partial charge in [0.15, 0.2) is 0 Å². The Balaban J connectivity index is 1.13. The molecular weight excluding hydrogens is 969 g/mol. The van der Waals surface area contributed by atoms with Crippen molar-refractivity contribution in [2.45, 2.75) is 0 Å². The van der Waals surface area contributed by atoms with Gasteiger partial charge in [-0.25, -0.2) is 4.85 Å². The van der Waals surface area contributed by atoms with Crippen LogP contribution in [0.15, 0.2) is 218 Å². The molecule has 0 fully saturated rings. The number of fused-ring (bicyclic) bond motifs is 17. The zero-order chi connectivity index (χ0) is 49.5.